The van der Waals surface area contributed by atoms with Crippen LogP contribution in [-0.4, -0.2) is 42.3 Å². The summed E-state index contributed by atoms with van der Waals surface area (Å²) in [6.45, 7) is 11.9. The van der Waals surface area contributed by atoms with Crippen molar-refractivity contribution in [3.8, 4) is 5.75 Å². The first kappa shape index (κ1) is 24.3. The number of benzene rings is 1. The second-order valence-electron chi connectivity index (χ2n) is 7.85. The number of para-hydroxylation sites is 1. The Morgan fingerprint density at radius 2 is 1.45 bits per heavy atom. The van der Waals surface area contributed by atoms with E-state index >= 15 is 0 Å². The fraction of sp³-hybridized carbons (Fsp3) is 0.571. The van der Waals surface area contributed by atoms with Crippen molar-refractivity contribution in [2.75, 3.05) is 13.1 Å². The Kier molecular flexibility index (Phi) is 9.44. The van der Waals surface area contributed by atoms with Crippen molar-refractivity contribution in [3.63, 3.8) is 0 Å². The molecule has 0 saturated carbocycles. The summed E-state index contributed by atoms with van der Waals surface area (Å²) in [6.07, 6.45) is -1.86. The van der Waals surface area contributed by atoms with E-state index in [-0.39, 0.29) is 30.8 Å². The molecule has 8 nitrogen and oxygen atoms in total. The lowest BCUT2D eigenvalue weighted by molar-refractivity contribution is -0.123. The van der Waals surface area contributed by atoms with Gasteiger partial charge in [-0.2, -0.15) is 0 Å². The largest absolute Gasteiger partial charge is 0.465 e. The van der Waals surface area contributed by atoms with Crippen LogP contribution in [-0.2, 0) is 4.79 Å². The molecule has 3 amide bonds. The summed E-state index contributed by atoms with van der Waals surface area (Å²) in [7, 11) is 0. The standard InChI is InChI=1S/C21H33N3O5/c1-12(2)15-8-7-9-16(13(3)4)18(15)29-21(28)23-11-10-22-19(25)17(14(5)6)24-20(26)27/h7-9,12-14,17,24H,10-11H2,1-6H3,(H,22,25)(H,23,28)(H,26,27)/t17-/m0/s1. The molecular formula is C21H33N3O5. The summed E-state index contributed by atoms with van der Waals surface area (Å²) in [6, 6.07) is 4.99. The molecule has 0 saturated heterocycles. The highest BCUT2D eigenvalue weighted by molar-refractivity contribution is 5.85. The molecule has 1 aromatic carbocycles. The molecule has 0 aromatic heterocycles. The van der Waals surface area contributed by atoms with Crippen molar-refractivity contribution in [3.05, 3.63) is 29.3 Å². The molecule has 29 heavy (non-hydrogen) atoms. The van der Waals surface area contributed by atoms with E-state index in [1.807, 2.05) is 45.9 Å². The Balaban J connectivity index is 2.63. The van der Waals surface area contributed by atoms with Gasteiger partial charge in [0.1, 0.15) is 11.8 Å². The lowest BCUT2D eigenvalue weighted by Gasteiger charge is -2.20. The van der Waals surface area contributed by atoms with Crippen molar-refractivity contribution in [1.29, 1.82) is 0 Å². The third-order valence-electron chi connectivity index (χ3n) is 4.44. The van der Waals surface area contributed by atoms with Gasteiger partial charge in [0.15, 0.2) is 0 Å². The summed E-state index contributed by atoms with van der Waals surface area (Å²) in [5.41, 5.74) is 1.92. The van der Waals surface area contributed by atoms with E-state index in [0.29, 0.717) is 5.75 Å². The number of carbonyl (C=O) groups excluding carboxylic acids is 2. The Morgan fingerprint density at radius 1 is 0.931 bits per heavy atom. The van der Waals surface area contributed by atoms with Crippen molar-refractivity contribution in [2.45, 2.75) is 59.4 Å². The average Bonchev–Trinajstić information content (AvgIpc) is 2.62. The van der Waals surface area contributed by atoms with Gasteiger partial charge in [0.2, 0.25) is 5.91 Å². The number of hydrogen-bond acceptors (Lipinski definition) is 4. The highest BCUT2D eigenvalue weighted by Gasteiger charge is 2.23. The predicted molar refractivity (Wildman–Crippen MR) is 111 cm³/mol. The molecule has 0 spiro atoms. The van der Waals surface area contributed by atoms with Crippen LogP contribution in [0.15, 0.2) is 18.2 Å². The molecular weight excluding hydrogens is 374 g/mol. The van der Waals surface area contributed by atoms with Crippen LogP contribution in [0.3, 0.4) is 0 Å². The smallest absolute Gasteiger partial charge is 0.412 e. The van der Waals surface area contributed by atoms with Gasteiger partial charge in [-0.3, -0.25) is 4.79 Å². The van der Waals surface area contributed by atoms with Crippen LogP contribution in [0.25, 0.3) is 0 Å². The Morgan fingerprint density at radius 3 is 1.90 bits per heavy atom. The van der Waals surface area contributed by atoms with Crippen LogP contribution in [0.2, 0.25) is 0 Å². The van der Waals surface area contributed by atoms with E-state index < -0.39 is 24.1 Å². The van der Waals surface area contributed by atoms with Crippen LogP contribution in [0.1, 0.15) is 64.5 Å². The van der Waals surface area contributed by atoms with Gasteiger partial charge >= 0.3 is 12.2 Å². The lowest BCUT2D eigenvalue weighted by atomic mass is 9.94. The molecule has 162 valence electrons. The van der Waals surface area contributed by atoms with Crippen LogP contribution in [0.4, 0.5) is 9.59 Å². The minimum atomic E-state index is -1.26. The van der Waals surface area contributed by atoms with E-state index in [1.165, 1.54) is 0 Å². The molecule has 1 rings (SSSR count). The first-order valence-electron chi connectivity index (χ1n) is 9.90. The summed E-state index contributed by atoms with van der Waals surface area (Å²) < 4.78 is 5.59. The molecule has 0 fully saturated rings. The molecule has 0 bridgehead atoms. The summed E-state index contributed by atoms with van der Waals surface area (Å²) in [5, 5.41) is 16.2. The van der Waals surface area contributed by atoms with Crippen molar-refractivity contribution in [1.82, 2.24) is 16.0 Å². The number of nitrogens with one attached hydrogen (secondary N) is 3. The SMILES string of the molecule is CC(C)c1cccc(C(C)C)c1OC(=O)NCCNC(=O)[C@@H](NC(=O)O)C(C)C. The number of hydrogen-bond donors (Lipinski definition) is 4. The number of carboxylic acid groups (broad SMARTS) is 1. The minimum absolute atomic E-state index is 0.154. The van der Waals surface area contributed by atoms with Crippen LogP contribution < -0.4 is 20.7 Å². The monoisotopic (exact) mass is 407 g/mol. The highest BCUT2D eigenvalue weighted by Crippen LogP contribution is 2.34. The Hall–Kier alpha value is -2.77. The molecule has 1 aromatic rings. The van der Waals surface area contributed by atoms with Crippen molar-refractivity contribution in [2.24, 2.45) is 5.92 Å². The quantitative estimate of drug-likeness (QED) is 0.468. The third kappa shape index (κ3) is 7.63. The van der Waals surface area contributed by atoms with E-state index in [9.17, 15) is 14.4 Å². The maximum atomic E-state index is 12.3. The first-order valence-corrected chi connectivity index (χ1v) is 9.90. The molecule has 4 N–H and O–H groups in total. The first-order chi connectivity index (χ1) is 13.5. The topological polar surface area (TPSA) is 117 Å². The molecule has 8 heteroatoms. The number of ether oxygens (including phenoxy) is 1. The molecule has 0 radical (unpaired) electrons. The van der Waals surface area contributed by atoms with Crippen LogP contribution in [0, 0.1) is 5.92 Å². The average molecular weight is 408 g/mol. The number of rotatable bonds is 9. The van der Waals surface area contributed by atoms with Crippen LogP contribution >= 0.6 is 0 Å². The summed E-state index contributed by atoms with van der Waals surface area (Å²) >= 11 is 0. The molecule has 0 aliphatic heterocycles. The molecule has 0 aliphatic rings. The van der Waals surface area contributed by atoms with Gasteiger partial charge in [0.25, 0.3) is 0 Å². The zero-order chi connectivity index (χ0) is 22.1. The van der Waals surface area contributed by atoms with Gasteiger partial charge in [0.05, 0.1) is 0 Å². The van der Waals surface area contributed by atoms with Gasteiger partial charge in [-0.05, 0) is 28.9 Å². The van der Waals surface area contributed by atoms with Crippen LogP contribution in [0.5, 0.6) is 5.75 Å². The Bertz CT molecular complexity index is 690. The van der Waals surface area contributed by atoms with Gasteiger partial charge in [0, 0.05) is 13.1 Å². The fourth-order valence-corrected chi connectivity index (χ4v) is 2.86. The van der Waals surface area contributed by atoms with Gasteiger partial charge in [-0.25, -0.2) is 9.59 Å². The Labute approximate surface area is 172 Å². The normalized spacial score (nSPS) is 12.0. The predicted octanol–water partition coefficient (Wildman–Crippen LogP) is 3.43. The van der Waals surface area contributed by atoms with E-state index in [2.05, 4.69) is 16.0 Å². The summed E-state index contributed by atoms with van der Waals surface area (Å²) in [4.78, 5) is 35.2. The van der Waals surface area contributed by atoms with Crippen molar-refractivity contribution >= 4 is 18.1 Å². The molecule has 0 unspecified atom stereocenters. The van der Waals surface area contributed by atoms with Gasteiger partial charge in [-0.1, -0.05) is 59.7 Å². The summed E-state index contributed by atoms with van der Waals surface area (Å²) in [5.74, 6) is 0.330. The maximum absolute atomic E-state index is 12.3. The van der Waals surface area contributed by atoms with E-state index in [4.69, 9.17) is 9.84 Å². The van der Waals surface area contributed by atoms with Gasteiger partial charge in [-0.15, -0.1) is 0 Å². The number of amides is 3. The fourth-order valence-electron chi connectivity index (χ4n) is 2.86. The van der Waals surface area contributed by atoms with Gasteiger partial charge < -0.3 is 25.8 Å². The number of carbonyl (C=O) groups is 3. The third-order valence-corrected chi connectivity index (χ3v) is 4.44. The van der Waals surface area contributed by atoms with E-state index in [1.54, 1.807) is 13.8 Å². The second kappa shape index (κ2) is 11.3. The maximum Gasteiger partial charge on any atom is 0.412 e. The second-order valence-corrected chi connectivity index (χ2v) is 7.85. The molecule has 0 aliphatic carbocycles. The molecule has 1 atom stereocenters. The minimum Gasteiger partial charge on any atom is -0.465 e. The lowest BCUT2D eigenvalue weighted by Crippen LogP contribution is -2.50. The zero-order valence-corrected chi connectivity index (χ0v) is 18.0. The molecule has 0 heterocycles. The zero-order valence-electron chi connectivity index (χ0n) is 18.0. The van der Waals surface area contributed by atoms with E-state index in [0.717, 1.165) is 11.1 Å². The highest BCUT2D eigenvalue weighted by atomic mass is 16.6. The van der Waals surface area contributed by atoms with Crippen molar-refractivity contribution < 1.29 is 24.2 Å².